The van der Waals surface area contributed by atoms with E-state index in [4.69, 9.17) is 0 Å². The number of para-hydroxylation sites is 1. The topological polar surface area (TPSA) is 55.1 Å². The van der Waals surface area contributed by atoms with Crippen LogP contribution in [0.25, 0.3) is 15.9 Å². The average Bonchev–Trinajstić information content (AvgIpc) is 3.08. The summed E-state index contributed by atoms with van der Waals surface area (Å²) in [6.45, 7) is 0.602. The third kappa shape index (κ3) is 1.90. The first-order chi connectivity index (χ1) is 9.90. The molecule has 4 rings (SSSR count). The zero-order valence-corrected chi connectivity index (χ0v) is 11.3. The molecule has 0 fully saturated rings. The first-order valence-corrected chi connectivity index (χ1v) is 7.10. The SMILES string of the molecule is c1ccc2sc(NCc3nnc4ccccn34)nc2c1. The van der Waals surface area contributed by atoms with E-state index >= 15 is 0 Å². The summed E-state index contributed by atoms with van der Waals surface area (Å²) in [5.41, 5.74) is 1.87. The molecule has 0 radical (unpaired) electrons. The van der Waals surface area contributed by atoms with Gasteiger partial charge in [-0.15, -0.1) is 10.2 Å². The summed E-state index contributed by atoms with van der Waals surface area (Å²) >= 11 is 1.64. The van der Waals surface area contributed by atoms with E-state index in [9.17, 15) is 0 Å². The van der Waals surface area contributed by atoms with Gasteiger partial charge >= 0.3 is 0 Å². The van der Waals surface area contributed by atoms with Gasteiger partial charge < -0.3 is 5.32 Å². The van der Waals surface area contributed by atoms with Crippen LogP contribution in [0.4, 0.5) is 5.13 Å². The van der Waals surface area contributed by atoms with E-state index in [1.807, 2.05) is 47.0 Å². The van der Waals surface area contributed by atoms with E-state index in [0.29, 0.717) is 6.54 Å². The Balaban J connectivity index is 1.60. The van der Waals surface area contributed by atoms with Crippen molar-refractivity contribution in [2.45, 2.75) is 6.54 Å². The third-order valence-corrected chi connectivity index (χ3v) is 4.07. The van der Waals surface area contributed by atoms with Gasteiger partial charge in [0.1, 0.15) is 0 Å². The standard InChI is InChI=1S/C14H11N5S/c1-2-6-11-10(5-1)16-14(20-11)15-9-13-18-17-12-7-3-4-8-19(12)13/h1-8H,9H2,(H,15,16). The molecule has 4 aromatic rings. The van der Waals surface area contributed by atoms with Crippen molar-refractivity contribution in [3.8, 4) is 0 Å². The Kier molecular flexibility index (Phi) is 2.60. The number of pyridine rings is 1. The van der Waals surface area contributed by atoms with E-state index in [2.05, 4.69) is 26.6 Å². The lowest BCUT2D eigenvalue weighted by Gasteiger charge is -2.00. The second kappa shape index (κ2) is 4.57. The van der Waals surface area contributed by atoms with Crippen LogP contribution in [-0.2, 0) is 6.54 Å². The minimum Gasteiger partial charge on any atom is -0.354 e. The summed E-state index contributed by atoms with van der Waals surface area (Å²) in [6.07, 6.45) is 1.96. The maximum atomic E-state index is 4.54. The smallest absolute Gasteiger partial charge is 0.184 e. The summed E-state index contributed by atoms with van der Waals surface area (Å²) in [5.74, 6) is 0.875. The highest BCUT2D eigenvalue weighted by atomic mass is 32.1. The van der Waals surface area contributed by atoms with E-state index < -0.39 is 0 Å². The van der Waals surface area contributed by atoms with Crippen LogP contribution in [0.5, 0.6) is 0 Å². The van der Waals surface area contributed by atoms with Crippen LogP contribution in [0.3, 0.4) is 0 Å². The number of anilines is 1. The molecule has 3 aromatic heterocycles. The van der Waals surface area contributed by atoms with Gasteiger partial charge in [-0.2, -0.15) is 0 Å². The molecule has 6 heteroatoms. The molecule has 0 aliphatic heterocycles. The van der Waals surface area contributed by atoms with Crippen molar-refractivity contribution in [3.05, 3.63) is 54.5 Å². The highest BCUT2D eigenvalue weighted by Crippen LogP contribution is 2.25. The van der Waals surface area contributed by atoms with E-state index in [-0.39, 0.29) is 0 Å². The number of thiazole rings is 1. The number of nitrogens with zero attached hydrogens (tertiary/aromatic N) is 4. The fraction of sp³-hybridized carbons (Fsp3) is 0.0714. The zero-order valence-electron chi connectivity index (χ0n) is 10.5. The summed E-state index contributed by atoms with van der Waals surface area (Å²) in [6, 6.07) is 14.0. The molecular formula is C14H11N5S. The predicted molar refractivity (Wildman–Crippen MR) is 79.9 cm³/mol. The number of fused-ring (bicyclic) bond motifs is 2. The largest absolute Gasteiger partial charge is 0.354 e. The molecule has 0 aliphatic carbocycles. The number of benzene rings is 1. The highest BCUT2D eigenvalue weighted by Gasteiger charge is 2.06. The van der Waals surface area contributed by atoms with Crippen LogP contribution >= 0.6 is 11.3 Å². The van der Waals surface area contributed by atoms with Crippen molar-refractivity contribution in [2.75, 3.05) is 5.32 Å². The van der Waals surface area contributed by atoms with Crippen LogP contribution in [0.1, 0.15) is 5.82 Å². The minimum atomic E-state index is 0.602. The van der Waals surface area contributed by atoms with Gasteiger partial charge in [0.25, 0.3) is 0 Å². The van der Waals surface area contributed by atoms with Crippen LogP contribution in [0.2, 0.25) is 0 Å². The molecule has 98 valence electrons. The van der Waals surface area contributed by atoms with Crippen LogP contribution in [0, 0.1) is 0 Å². The molecule has 0 atom stereocenters. The first-order valence-electron chi connectivity index (χ1n) is 6.28. The Morgan fingerprint density at radius 3 is 2.90 bits per heavy atom. The Labute approximate surface area is 118 Å². The third-order valence-electron chi connectivity index (χ3n) is 3.08. The van der Waals surface area contributed by atoms with Crippen molar-refractivity contribution in [1.82, 2.24) is 19.6 Å². The van der Waals surface area contributed by atoms with Gasteiger partial charge in [-0.3, -0.25) is 4.40 Å². The second-order valence-corrected chi connectivity index (χ2v) is 5.42. The molecule has 5 nitrogen and oxygen atoms in total. The van der Waals surface area contributed by atoms with Crippen molar-refractivity contribution in [1.29, 1.82) is 0 Å². The molecule has 0 aliphatic rings. The van der Waals surface area contributed by atoms with Crippen LogP contribution < -0.4 is 5.32 Å². The second-order valence-electron chi connectivity index (χ2n) is 4.39. The molecule has 0 saturated heterocycles. The molecule has 0 amide bonds. The molecule has 3 heterocycles. The van der Waals surface area contributed by atoms with E-state index in [1.54, 1.807) is 11.3 Å². The number of aromatic nitrogens is 4. The molecule has 0 bridgehead atoms. The summed E-state index contributed by atoms with van der Waals surface area (Å²) in [4.78, 5) is 4.54. The number of rotatable bonds is 3. The Bertz CT molecular complexity index is 846. The maximum absolute atomic E-state index is 4.54. The highest BCUT2D eigenvalue weighted by molar-refractivity contribution is 7.22. The molecular weight excluding hydrogens is 270 g/mol. The molecule has 20 heavy (non-hydrogen) atoms. The Morgan fingerprint density at radius 1 is 1.05 bits per heavy atom. The fourth-order valence-corrected chi connectivity index (χ4v) is 2.98. The lowest BCUT2D eigenvalue weighted by Crippen LogP contribution is -2.03. The van der Waals surface area contributed by atoms with Crippen molar-refractivity contribution >= 4 is 32.3 Å². The van der Waals surface area contributed by atoms with Crippen LogP contribution in [-0.4, -0.2) is 19.6 Å². The van der Waals surface area contributed by atoms with Crippen LogP contribution in [0.15, 0.2) is 48.7 Å². The molecule has 0 saturated carbocycles. The van der Waals surface area contributed by atoms with E-state index in [1.165, 1.54) is 4.70 Å². The average molecular weight is 281 g/mol. The number of hydrogen-bond donors (Lipinski definition) is 1. The van der Waals surface area contributed by atoms with Gasteiger partial charge in [0.05, 0.1) is 16.8 Å². The minimum absolute atomic E-state index is 0.602. The van der Waals surface area contributed by atoms with Gasteiger partial charge in [-0.1, -0.05) is 29.5 Å². The maximum Gasteiger partial charge on any atom is 0.184 e. The number of nitrogens with one attached hydrogen (secondary N) is 1. The fourth-order valence-electron chi connectivity index (χ4n) is 2.11. The summed E-state index contributed by atoms with van der Waals surface area (Å²) in [7, 11) is 0. The van der Waals surface area contributed by atoms with Crippen molar-refractivity contribution < 1.29 is 0 Å². The predicted octanol–water partition coefficient (Wildman–Crippen LogP) is 2.95. The quantitative estimate of drug-likeness (QED) is 0.627. The summed E-state index contributed by atoms with van der Waals surface area (Å²) in [5, 5.41) is 12.5. The lowest BCUT2D eigenvalue weighted by atomic mass is 10.3. The number of hydrogen-bond acceptors (Lipinski definition) is 5. The van der Waals surface area contributed by atoms with Crippen molar-refractivity contribution in [2.24, 2.45) is 0 Å². The van der Waals surface area contributed by atoms with Gasteiger partial charge in [0, 0.05) is 6.20 Å². The molecule has 1 aromatic carbocycles. The van der Waals surface area contributed by atoms with Gasteiger partial charge in [-0.05, 0) is 24.3 Å². The first kappa shape index (κ1) is 11.4. The Morgan fingerprint density at radius 2 is 1.95 bits per heavy atom. The van der Waals surface area contributed by atoms with E-state index in [0.717, 1.165) is 22.1 Å². The van der Waals surface area contributed by atoms with Crippen molar-refractivity contribution in [3.63, 3.8) is 0 Å². The lowest BCUT2D eigenvalue weighted by molar-refractivity contribution is 0.916. The van der Waals surface area contributed by atoms with Gasteiger partial charge in [-0.25, -0.2) is 4.98 Å². The normalized spacial score (nSPS) is 11.2. The molecule has 1 N–H and O–H groups in total. The van der Waals surface area contributed by atoms with Gasteiger partial charge in [0.2, 0.25) is 0 Å². The monoisotopic (exact) mass is 281 g/mol. The zero-order chi connectivity index (χ0) is 13.4. The summed E-state index contributed by atoms with van der Waals surface area (Å²) < 4.78 is 3.15. The van der Waals surface area contributed by atoms with Gasteiger partial charge in [0.15, 0.2) is 16.6 Å². The molecule has 0 unspecified atom stereocenters. The Hall–Kier alpha value is -2.47. The molecule has 0 spiro atoms.